The molecular weight excluding hydrogens is 215 g/mol. The summed E-state index contributed by atoms with van der Waals surface area (Å²) in [6.45, 7) is 0. The first-order valence-corrected chi connectivity index (χ1v) is 4.00. The van der Waals surface area contributed by atoms with Gasteiger partial charge in [0.25, 0.3) is 0 Å². The summed E-state index contributed by atoms with van der Waals surface area (Å²) >= 11 is 0. The predicted molar refractivity (Wildman–Crippen MR) is 42.0 cm³/mol. The summed E-state index contributed by atoms with van der Waals surface area (Å²) in [6, 6.07) is 2.94. The molecule has 0 aliphatic carbocycles. The van der Waals surface area contributed by atoms with Crippen molar-refractivity contribution < 1.29 is 27.5 Å². The second-order valence-electron chi connectivity index (χ2n) is 3.07. The van der Waals surface area contributed by atoms with E-state index < -0.39 is 18.4 Å². The molecule has 0 amide bonds. The lowest BCUT2D eigenvalue weighted by Gasteiger charge is -2.22. The zero-order chi connectivity index (χ0) is 11.1. The minimum Gasteiger partial charge on any atom is -0.463 e. The van der Waals surface area contributed by atoms with Crippen LogP contribution in [0.15, 0.2) is 28.0 Å². The van der Waals surface area contributed by atoms with Gasteiger partial charge in [-0.25, -0.2) is 0 Å². The van der Waals surface area contributed by atoms with Crippen LogP contribution in [-0.4, -0.2) is 22.8 Å². The van der Waals surface area contributed by atoms with Crippen LogP contribution >= 0.6 is 0 Å². The molecule has 82 valence electrons. The number of alkyl halides is 3. The summed E-state index contributed by atoms with van der Waals surface area (Å²) in [7, 11) is 0. The third-order valence-electron chi connectivity index (χ3n) is 1.96. The van der Waals surface area contributed by atoms with E-state index in [4.69, 9.17) is 9.52 Å². The maximum Gasteiger partial charge on any atom is 0.458 e. The van der Waals surface area contributed by atoms with Crippen molar-refractivity contribution in [3.63, 3.8) is 0 Å². The van der Waals surface area contributed by atoms with E-state index in [1.807, 2.05) is 0 Å². The van der Waals surface area contributed by atoms with Crippen LogP contribution in [0.4, 0.5) is 13.2 Å². The van der Waals surface area contributed by atoms with Crippen molar-refractivity contribution in [1.29, 1.82) is 0 Å². The molecule has 1 aliphatic rings. The summed E-state index contributed by atoms with van der Waals surface area (Å²) in [5.74, 6) is -3.09. The molecular formula is C8H6F3NO3. The van der Waals surface area contributed by atoms with Crippen LogP contribution in [0.1, 0.15) is 12.2 Å². The number of furan rings is 1. The largest absolute Gasteiger partial charge is 0.463 e. The molecule has 0 unspecified atom stereocenters. The van der Waals surface area contributed by atoms with Gasteiger partial charge in [-0.05, 0) is 12.1 Å². The molecule has 0 spiro atoms. The van der Waals surface area contributed by atoms with E-state index >= 15 is 0 Å². The maximum atomic E-state index is 12.3. The molecule has 4 nitrogen and oxygen atoms in total. The van der Waals surface area contributed by atoms with Gasteiger partial charge in [-0.1, -0.05) is 5.16 Å². The quantitative estimate of drug-likeness (QED) is 0.784. The lowest BCUT2D eigenvalue weighted by atomic mass is 10.1. The van der Waals surface area contributed by atoms with Crippen LogP contribution in [0.5, 0.6) is 0 Å². The molecule has 1 aliphatic heterocycles. The van der Waals surface area contributed by atoms with Gasteiger partial charge in [-0.15, -0.1) is 0 Å². The van der Waals surface area contributed by atoms with E-state index in [2.05, 4.69) is 9.99 Å². The summed E-state index contributed by atoms with van der Waals surface area (Å²) in [6.07, 6.45) is -4.36. The summed E-state index contributed by atoms with van der Waals surface area (Å²) < 4.78 is 41.7. The zero-order valence-corrected chi connectivity index (χ0v) is 7.28. The molecule has 0 fully saturated rings. The van der Waals surface area contributed by atoms with E-state index in [9.17, 15) is 13.2 Å². The topological polar surface area (TPSA) is 55.0 Å². The zero-order valence-electron chi connectivity index (χ0n) is 7.28. The molecule has 1 atom stereocenters. The molecule has 0 bridgehead atoms. The highest BCUT2D eigenvalue weighted by atomic mass is 19.4. The van der Waals surface area contributed by atoms with Crippen LogP contribution in [0.25, 0.3) is 0 Å². The van der Waals surface area contributed by atoms with Crippen molar-refractivity contribution in [1.82, 2.24) is 0 Å². The Hall–Kier alpha value is -1.50. The first-order chi connectivity index (χ1) is 6.92. The van der Waals surface area contributed by atoms with Gasteiger partial charge in [-0.2, -0.15) is 13.2 Å². The number of nitrogens with zero attached hydrogens (tertiary/aromatic N) is 1. The number of hydrogen-bond donors (Lipinski definition) is 1. The number of halogens is 3. The first-order valence-electron chi connectivity index (χ1n) is 4.00. The average Bonchev–Trinajstić information content (AvgIpc) is 2.70. The van der Waals surface area contributed by atoms with E-state index in [1.54, 1.807) is 0 Å². The Morgan fingerprint density at radius 1 is 1.47 bits per heavy atom. The fraction of sp³-hybridized carbons (Fsp3) is 0.375. The lowest BCUT2D eigenvalue weighted by molar-refractivity contribution is -0.355. The Morgan fingerprint density at radius 3 is 2.67 bits per heavy atom. The van der Waals surface area contributed by atoms with Crippen molar-refractivity contribution in [3.05, 3.63) is 24.2 Å². The maximum absolute atomic E-state index is 12.3. The summed E-state index contributed by atoms with van der Waals surface area (Å²) in [5, 5.41) is 12.2. The SMILES string of the molecule is O[C@]1(C(F)(F)F)CC(c2ccco2)=NO1. The monoisotopic (exact) mass is 221 g/mol. The van der Waals surface area contributed by atoms with E-state index in [0.29, 0.717) is 0 Å². The van der Waals surface area contributed by atoms with Gasteiger partial charge in [0.05, 0.1) is 12.7 Å². The van der Waals surface area contributed by atoms with Crippen LogP contribution in [0.3, 0.4) is 0 Å². The second kappa shape index (κ2) is 2.99. The van der Waals surface area contributed by atoms with E-state index in [1.165, 1.54) is 18.4 Å². The highest BCUT2D eigenvalue weighted by Gasteiger charge is 2.60. The molecule has 0 aromatic carbocycles. The highest BCUT2D eigenvalue weighted by molar-refractivity contribution is 5.99. The van der Waals surface area contributed by atoms with Gasteiger partial charge in [0, 0.05) is 0 Å². The van der Waals surface area contributed by atoms with Gasteiger partial charge < -0.3 is 14.4 Å². The molecule has 0 saturated carbocycles. The van der Waals surface area contributed by atoms with E-state index in [0.717, 1.165) is 0 Å². The van der Waals surface area contributed by atoms with Crippen molar-refractivity contribution >= 4 is 5.71 Å². The normalized spacial score (nSPS) is 26.3. The Bertz CT molecular complexity index is 384. The molecule has 1 N–H and O–H groups in total. The molecule has 2 heterocycles. The number of oxime groups is 1. The van der Waals surface area contributed by atoms with Gasteiger partial charge in [0.1, 0.15) is 5.71 Å². The Morgan fingerprint density at radius 2 is 2.20 bits per heavy atom. The van der Waals surface area contributed by atoms with Crippen LogP contribution in [-0.2, 0) is 4.84 Å². The van der Waals surface area contributed by atoms with Crippen molar-refractivity contribution in [3.8, 4) is 0 Å². The molecule has 1 aromatic heterocycles. The predicted octanol–water partition coefficient (Wildman–Crippen LogP) is 1.65. The average molecular weight is 221 g/mol. The summed E-state index contributed by atoms with van der Waals surface area (Å²) in [5.41, 5.74) is -0.0696. The molecule has 1 aromatic rings. The Balaban J connectivity index is 2.18. The number of aliphatic hydroxyl groups is 1. The fourth-order valence-corrected chi connectivity index (χ4v) is 1.15. The number of hydrogen-bond acceptors (Lipinski definition) is 4. The Labute approximate surface area is 81.9 Å². The van der Waals surface area contributed by atoms with Gasteiger partial charge in [0.2, 0.25) is 0 Å². The summed E-state index contributed by atoms with van der Waals surface area (Å²) in [4.78, 5) is 4.00. The van der Waals surface area contributed by atoms with Crippen molar-refractivity contribution in [2.45, 2.75) is 18.4 Å². The first kappa shape index (κ1) is 10.0. The van der Waals surface area contributed by atoms with Crippen molar-refractivity contribution in [2.24, 2.45) is 5.16 Å². The number of rotatable bonds is 1. The molecule has 0 saturated heterocycles. The molecule has 7 heteroatoms. The van der Waals surface area contributed by atoms with Gasteiger partial charge in [0.15, 0.2) is 5.76 Å². The van der Waals surface area contributed by atoms with Crippen LogP contribution in [0.2, 0.25) is 0 Å². The van der Waals surface area contributed by atoms with Crippen molar-refractivity contribution in [2.75, 3.05) is 0 Å². The third kappa shape index (κ3) is 1.58. The minimum atomic E-state index is -4.88. The molecule has 0 radical (unpaired) electrons. The third-order valence-corrected chi connectivity index (χ3v) is 1.96. The second-order valence-corrected chi connectivity index (χ2v) is 3.07. The van der Waals surface area contributed by atoms with E-state index in [-0.39, 0.29) is 11.5 Å². The van der Waals surface area contributed by atoms with Gasteiger partial charge in [-0.3, -0.25) is 0 Å². The molecule has 15 heavy (non-hydrogen) atoms. The highest BCUT2D eigenvalue weighted by Crippen LogP contribution is 2.38. The standard InChI is InChI=1S/C8H6F3NO3/c9-8(10,11)7(13)4-5(12-15-7)6-2-1-3-14-6/h1-3,13H,4H2/t7-/m1/s1. The molecule has 2 rings (SSSR count). The lowest BCUT2D eigenvalue weighted by Crippen LogP contribution is -2.45. The smallest absolute Gasteiger partial charge is 0.458 e. The fourth-order valence-electron chi connectivity index (χ4n) is 1.15. The van der Waals surface area contributed by atoms with Gasteiger partial charge >= 0.3 is 12.0 Å². The van der Waals surface area contributed by atoms with Crippen LogP contribution in [0, 0.1) is 0 Å². The Kier molecular flexibility index (Phi) is 2.00. The van der Waals surface area contributed by atoms with Crippen LogP contribution < -0.4 is 0 Å². The minimum absolute atomic E-state index is 0.0696.